The quantitative estimate of drug-likeness (QED) is 0.488. The minimum absolute atomic E-state index is 0.213. The van der Waals surface area contributed by atoms with Crippen LogP contribution in [0.2, 0.25) is 0 Å². The minimum atomic E-state index is -0.213. The molecule has 0 unspecified atom stereocenters. The monoisotopic (exact) mass is 371 g/mol. The van der Waals surface area contributed by atoms with Gasteiger partial charge in [0, 0.05) is 0 Å². The van der Waals surface area contributed by atoms with E-state index in [0.717, 1.165) is 23.0 Å². The maximum absolute atomic E-state index is 13.0. The first-order valence-corrected chi connectivity index (χ1v) is 9.29. The number of amides is 1. The number of aromatic amines is 1. The van der Waals surface area contributed by atoms with Crippen LogP contribution in [0.4, 0.5) is 0 Å². The van der Waals surface area contributed by atoms with Crippen LogP contribution < -0.4 is 5.32 Å². The van der Waals surface area contributed by atoms with Gasteiger partial charge in [-0.05, 0) is 47.9 Å². The summed E-state index contributed by atoms with van der Waals surface area (Å²) in [6.45, 7) is 2.44. The average molecular weight is 371 g/mol. The Hall–Kier alpha value is -3.60. The van der Waals surface area contributed by atoms with Crippen LogP contribution in [0.5, 0.6) is 0 Å². The second-order valence-electron chi connectivity index (χ2n) is 6.52. The molecule has 0 aliphatic heterocycles. The number of hydrogen-bond donors (Lipinski definition) is 2. The number of rotatable bonds is 6. The van der Waals surface area contributed by atoms with Crippen molar-refractivity contribution in [2.24, 2.45) is 0 Å². The van der Waals surface area contributed by atoms with Crippen molar-refractivity contribution in [2.45, 2.75) is 19.9 Å². The normalized spacial score (nSPS) is 11.7. The van der Waals surface area contributed by atoms with Crippen LogP contribution in [0.15, 0.2) is 71.3 Å². The van der Waals surface area contributed by atoms with E-state index in [1.54, 1.807) is 12.3 Å². The van der Waals surface area contributed by atoms with Gasteiger partial charge in [0.25, 0.3) is 5.91 Å². The molecule has 0 atom stereocenters. The molecule has 0 fully saturated rings. The summed E-state index contributed by atoms with van der Waals surface area (Å²) in [7, 11) is 0. The summed E-state index contributed by atoms with van der Waals surface area (Å²) in [6.07, 6.45) is 4.42. The summed E-state index contributed by atoms with van der Waals surface area (Å²) in [5.41, 5.74) is 4.39. The predicted octanol–water partition coefficient (Wildman–Crippen LogP) is 4.58. The van der Waals surface area contributed by atoms with E-state index < -0.39 is 0 Å². The Morgan fingerprint density at radius 1 is 1.11 bits per heavy atom. The lowest BCUT2D eigenvalue weighted by molar-refractivity contribution is -0.115. The molecule has 0 radical (unpaired) electrons. The third kappa shape index (κ3) is 3.88. The van der Waals surface area contributed by atoms with Crippen molar-refractivity contribution in [1.29, 1.82) is 0 Å². The molecule has 2 N–H and O–H groups in total. The Morgan fingerprint density at radius 2 is 1.93 bits per heavy atom. The second kappa shape index (κ2) is 7.96. The van der Waals surface area contributed by atoms with Gasteiger partial charge in [-0.25, -0.2) is 4.98 Å². The van der Waals surface area contributed by atoms with Crippen LogP contribution in [-0.2, 0) is 17.8 Å². The van der Waals surface area contributed by atoms with Gasteiger partial charge in [-0.2, -0.15) is 0 Å². The minimum Gasteiger partial charge on any atom is -0.467 e. The van der Waals surface area contributed by atoms with Crippen LogP contribution in [0.3, 0.4) is 0 Å². The Labute approximate surface area is 163 Å². The summed E-state index contributed by atoms with van der Waals surface area (Å²) in [5.74, 6) is 1.03. The topological polar surface area (TPSA) is 70.9 Å². The molecule has 0 saturated carbocycles. The van der Waals surface area contributed by atoms with E-state index in [2.05, 4.69) is 34.3 Å². The Kier molecular flexibility index (Phi) is 5.06. The molecule has 0 aliphatic rings. The van der Waals surface area contributed by atoms with Crippen molar-refractivity contribution >= 4 is 28.6 Å². The standard InChI is InChI=1S/C23H21N3O2/c1-2-16-9-11-17(12-10-16)14-19(23(27)24-15-18-6-5-13-28-18)22-25-20-7-3-4-8-21(20)26-22/h3-14H,2,15H2,1H3,(H,24,27)(H,25,26)/b19-14+. The molecule has 4 aromatic rings. The SMILES string of the molecule is CCc1ccc(/C=C(/C(=O)NCc2ccco2)c2nc3ccccc3[nH]2)cc1. The fraction of sp³-hybridized carbons (Fsp3) is 0.130. The van der Waals surface area contributed by atoms with Gasteiger partial charge in [-0.3, -0.25) is 4.79 Å². The molecule has 4 rings (SSSR count). The summed E-state index contributed by atoms with van der Waals surface area (Å²) < 4.78 is 5.30. The third-order valence-corrected chi connectivity index (χ3v) is 4.59. The van der Waals surface area contributed by atoms with Gasteiger partial charge in [-0.15, -0.1) is 0 Å². The van der Waals surface area contributed by atoms with E-state index in [4.69, 9.17) is 4.42 Å². The van der Waals surface area contributed by atoms with Gasteiger partial charge in [0.15, 0.2) is 0 Å². The van der Waals surface area contributed by atoms with Gasteiger partial charge >= 0.3 is 0 Å². The zero-order valence-corrected chi connectivity index (χ0v) is 15.6. The van der Waals surface area contributed by atoms with E-state index in [9.17, 15) is 4.79 Å². The first-order chi connectivity index (χ1) is 13.7. The fourth-order valence-corrected chi connectivity index (χ4v) is 3.01. The molecule has 28 heavy (non-hydrogen) atoms. The Bertz CT molecular complexity index is 1070. The van der Waals surface area contributed by atoms with Gasteiger partial charge in [0.2, 0.25) is 0 Å². The molecule has 0 spiro atoms. The number of nitrogens with one attached hydrogen (secondary N) is 2. The maximum atomic E-state index is 13.0. The highest BCUT2D eigenvalue weighted by Crippen LogP contribution is 2.20. The molecule has 2 aromatic heterocycles. The van der Waals surface area contributed by atoms with Crippen molar-refractivity contribution in [1.82, 2.24) is 15.3 Å². The summed E-state index contributed by atoms with van der Waals surface area (Å²) in [5, 5.41) is 2.91. The zero-order chi connectivity index (χ0) is 19.3. The highest BCUT2D eigenvalue weighted by Gasteiger charge is 2.16. The molecule has 1 amide bonds. The first kappa shape index (κ1) is 17.8. The number of nitrogens with zero attached hydrogens (tertiary/aromatic N) is 1. The van der Waals surface area contributed by atoms with Crippen LogP contribution in [0, 0.1) is 0 Å². The number of carbonyl (C=O) groups is 1. The highest BCUT2D eigenvalue weighted by molar-refractivity contribution is 6.23. The maximum Gasteiger partial charge on any atom is 0.255 e. The van der Waals surface area contributed by atoms with E-state index >= 15 is 0 Å². The molecule has 5 nitrogen and oxygen atoms in total. The number of H-pyrrole nitrogens is 1. The lowest BCUT2D eigenvalue weighted by Crippen LogP contribution is -2.24. The number of imidazole rings is 1. The number of fused-ring (bicyclic) bond motifs is 1. The van der Waals surface area contributed by atoms with E-state index in [-0.39, 0.29) is 5.91 Å². The second-order valence-corrected chi connectivity index (χ2v) is 6.52. The fourth-order valence-electron chi connectivity index (χ4n) is 3.01. The van der Waals surface area contributed by atoms with Crippen molar-refractivity contribution < 1.29 is 9.21 Å². The number of benzene rings is 2. The Morgan fingerprint density at radius 3 is 2.64 bits per heavy atom. The molecule has 2 aromatic carbocycles. The average Bonchev–Trinajstić information content (AvgIpc) is 3.40. The number of hydrogen-bond acceptors (Lipinski definition) is 3. The summed E-state index contributed by atoms with van der Waals surface area (Å²) in [6, 6.07) is 19.5. The number of aromatic nitrogens is 2. The third-order valence-electron chi connectivity index (χ3n) is 4.59. The first-order valence-electron chi connectivity index (χ1n) is 9.29. The van der Waals surface area contributed by atoms with Gasteiger partial charge in [0.1, 0.15) is 11.6 Å². The number of para-hydroxylation sites is 2. The lowest BCUT2D eigenvalue weighted by Gasteiger charge is -2.07. The van der Waals surface area contributed by atoms with Gasteiger partial charge in [-0.1, -0.05) is 43.3 Å². The van der Waals surface area contributed by atoms with Crippen LogP contribution in [0.25, 0.3) is 22.7 Å². The van der Waals surface area contributed by atoms with Crippen molar-refractivity contribution in [3.8, 4) is 0 Å². The number of aryl methyl sites for hydroxylation is 1. The molecule has 2 heterocycles. The smallest absolute Gasteiger partial charge is 0.255 e. The largest absolute Gasteiger partial charge is 0.467 e. The van der Waals surface area contributed by atoms with E-state index in [0.29, 0.717) is 23.7 Å². The van der Waals surface area contributed by atoms with Crippen molar-refractivity contribution in [3.63, 3.8) is 0 Å². The number of carbonyl (C=O) groups excluding carboxylic acids is 1. The van der Waals surface area contributed by atoms with E-state index in [1.807, 2.05) is 48.5 Å². The highest BCUT2D eigenvalue weighted by atomic mass is 16.3. The zero-order valence-electron chi connectivity index (χ0n) is 15.6. The van der Waals surface area contributed by atoms with Crippen LogP contribution >= 0.6 is 0 Å². The predicted molar refractivity (Wildman–Crippen MR) is 110 cm³/mol. The molecule has 140 valence electrons. The molecule has 0 saturated heterocycles. The van der Waals surface area contributed by atoms with Crippen LogP contribution in [0.1, 0.15) is 29.6 Å². The molecule has 0 bridgehead atoms. The number of furan rings is 1. The van der Waals surface area contributed by atoms with Crippen molar-refractivity contribution in [3.05, 3.63) is 89.6 Å². The molecular weight excluding hydrogens is 350 g/mol. The molecule has 0 aliphatic carbocycles. The Balaban J connectivity index is 1.68. The van der Waals surface area contributed by atoms with Gasteiger partial charge < -0.3 is 14.7 Å². The van der Waals surface area contributed by atoms with Crippen molar-refractivity contribution in [2.75, 3.05) is 0 Å². The lowest BCUT2D eigenvalue weighted by atomic mass is 10.1. The van der Waals surface area contributed by atoms with Gasteiger partial charge in [0.05, 0.1) is 29.4 Å². The van der Waals surface area contributed by atoms with Crippen LogP contribution in [-0.4, -0.2) is 15.9 Å². The summed E-state index contributed by atoms with van der Waals surface area (Å²) >= 11 is 0. The van der Waals surface area contributed by atoms with E-state index in [1.165, 1.54) is 5.56 Å². The molecule has 5 heteroatoms. The molecular formula is C23H21N3O2. The summed E-state index contributed by atoms with van der Waals surface area (Å²) in [4.78, 5) is 20.8.